The number of hydrogen-bond donors (Lipinski definition) is 1. The molecule has 1 N–H and O–H groups in total. The van der Waals surface area contributed by atoms with E-state index in [-0.39, 0.29) is 26.5 Å². The van der Waals surface area contributed by atoms with Gasteiger partial charge in [0.2, 0.25) is 10.0 Å². The zero-order valence-corrected chi connectivity index (χ0v) is 14.5. The van der Waals surface area contributed by atoms with Crippen LogP contribution < -0.4 is 0 Å². The number of benzene rings is 1. The average Bonchev–Trinajstić information content (AvgIpc) is 2.93. The Morgan fingerprint density at radius 3 is 2.61 bits per heavy atom. The highest BCUT2D eigenvalue weighted by atomic mass is 35.5. The van der Waals surface area contributed by atoms with Crippen molar-refractivity contribution in [2.75, 3.05) is 26.2 Å². The van der Waals surface area contributed by atoms with Crippen molar-refractivity contribution in [1.29, 1.82) is 0 Å². The van der Waals surface area contributed by atoms with Gasteiger partial charge in [-0.25, -0.2) is 13.2 Å². The number of carboxylic acid groups (broad SMARTS) is 1. The molecule has 2 aliphatic rings. The number of carboxylic acids is 1. The van der Waals surface area contributed by atoms with Gasteiger partial charge < -0.3 is 5.11 Å². The van der Waals surface area contributed by atoms with Gasteiger partial charge in [0.1, 0.15) is 4.90 Å². The zero-order valence-electron chi connectivity index (χ0n) is 12.2. The molecule has 2 aliphatic heterocycles. The Morgan fingerprint density at radius 2 is 1.91 bits per heavy atom. The fraction of sp³-hybridized carbons (Fsp3) is 0.500. The molecule has 0 bridgehead atoms. The number of fused-ring (bicyclic) bond motifs is 1. The van der Waals surface area contributed by atoms with Crippen molar-refractivity contribution in [2.45, 2.75) is 23.8 Å². The fourth-order valence-electron chi connectivity index (χ4n) is 3.21. The highest BCUT2D eigenvalue weighted by Gasteiger charge is 2.37. The van der Waals surface area contributed by atoms with Gasteiger partial charge in [-0.15, -0.1) is 0 Å². The van der Waals surface area contributed by atoms with E-state index in [1.807, 2.05) is 0 Å². The lowest BCUT2D eigenvalue weighted by Gasteiger charge is -2.36. The third kappa shape index (κ3) is 3.08. The molecule has 1 aromatic rings. The number of sulfonamides is 1. The maximum atomic E-state index is 12.9. The lowest BCUT2D eigenvalue weighted by atomic mass is 10.2. The molecule has 2 saturated heterocycles. The van der Waals surface area contributed by atoms with Gasteiger partial charge in [-0.05, 0) is 31.5 Å². The minimum Gasteiger partial charge on any atom is -0.478 e. The minimum atomic E-state index is -3.85. The van der Waals surface area contributed by atoms with Crippen LogP contribution in [0.3, 0.4) is 0 Å². The van der Waals surface area contributed by atoms with Crippen molar-refractivity contribution in [3.8, 4) is 0 Å². The van der Waals surface area contributed by atoms with E-state index >= 15 is 0 Å². The van der Waals surface area contributed by atoms with Gasteiger partial charge >= 0.3 is 5.97 Å². The maximum Gasteiger partial charge on any atom is 0.337 e. The second-order valence-electron chi connectivity index (χ2n) is 5.76. The van der Waals surface area contributed by atoms with Crippen LogP contribution in [0.1, 0.15) is 23.2 Å². The summed E-state index contributed by atoms with van der Waals surface area (Å²) in [5.74, 6) is -1.29. The normalized spacial score (nSPS) is 23.0. The Hall–Kier alpha value is -0.860. The van der Waals surface area contributed by atoms with Crippen molar-refractivity contribution in [2.24, 2.45) is 0 Å². The van der Waals surface area contributed by atoms with Crippen LogP contribution >= 0.6 is 23.2 Å². The molecule has 0 aromatic heterocycles. The van der Waals surface area contributed by atoms with Crippen LogP contribution in [0.5, 0.6) is 0 Å². The van der Waals surface area contributed by atoms with Gasteiger partial charge in [-0.2, -0.15) is 4.31 Å². The molecule has 3 rings (SSSR count). The van der Waals surface area contributed by atoms with E-state index < -0.39 is 16.0 Å². The molecule has 23 heavy (non-hydrogen) atoms. The molecule has 2 fully saturated rings. The number of aromatic carboxylic acids is 1. The molecule has 2 heterocycles. The number of carbonyl (C=O) groups is 1. The Bertz CT molecular complexity index is 753. The zero-order chi connectivity index (χ0) is 16.8. The second-order valence-corrected chi connectivity index (χ2v) is 8.48. The van der Waals surface area contributed by atoms with Crippen molar-refractivity contribution in [3.63, 3.8) is 0 Å². The van der Waals surface area contributed by atoms with E-state index in [4.69, 9.17) is 28.3 Å². The van der Waals surface area contributed by atoms with Gasteiger partial charge in [0.05, 0.1) is 15.6 Å². The summed E-state index contributed by atoms with van der Waals surface area (Å²) in [6.07, 6.45) is 2.05. The van der Waals surface area contributed by atoms with Crippen LogP contribution in [0.2, 0.25) is 10.0 Å². The van der Waals surface area contributed by atoms with Crippen LogP contribution in [-0.2, 0) is 10.0 Å². The van der Waals surface area contributed by atoms with E-state index in [1.165, 1.54) is 10.4 Å². The summed E-state index contributed by atoms with van der Waals surface area (Å²) in [5.41, 5.74) is -0.269. The van der Waals surface area contributed by atoms with Crippen LogP contribution in [-0.4, -0.2) is 60.9 Å². The molecule has 126 valence electrons. The van der Waals surface area contributed by atoms with Crippen molar-refractivity contribution >= 4 is 39.2 Å². The molecule has 1 atom stereocenters. The molecule has 0 radical (unpaired) electrons. The Morgan fingerprint density at radius 1 is 1.17 bits per heavy atom. The van der Waals surface area contributed by atoms with Crippen LogP contribution in [0.25, 0.3) is 0 Å². The summed E-state index contributed by atoms with van der Waals surface area (Å²) in [4.78, 5) is 13.3. The van der Waals surface area contributed by atoms with Gasteiger partial charge in [0.25, 0.3) is 0 Å². The minimum absolute atomic E-state index is 0.0612. The van der Waals surface area contributed by atoms with E-state index in [2.05, 4.69) is 4.90 Å². The number of hydrogen-bond acceptors (Lipinski definition) is 4. The van der Waals surface area contributed by atoms with E-state index in [0.717, 1.165) is 25.5 Å². The quantitative estimate of drug-likeness (QED) is 0.871. The van der Waals surface area contributed by atoms with E-state index in [9.17, 15) is 13.2 Å². The predicted octanol–water partition coefficient (Wildman–Crippen LogP) is 2.16. The monoisotopic (exact) mass is 378 g/mol. The first-order chi connectivity index (χ1) is 10.8. The van der Waals surface area contributed by atoms with Crippen molar-refractivity contribution in [1.82, 2.24) is 9.21 Å². The number of halogens is 2. The third-order valence-electron chi connectivity index (χ3n) is 4.42. The lowest BCUT2D eigenvalue weighted by Crippen LogP contribution is -2.51. The average molecular weight is 379 g/mol. The van der Waals surface area contributed by atoms with Gasteiger partial charge in [-0.1, -0.05) is 23.2 Å². The van der Waals surface area contributed by atoms with Gasteiger partial charge in [-0.3, -0.25) is 4.90 Å². The summed E-state index contributed by atoms with van der Waals surface area (Å²) < 4.78 is 27.1. The number of piperazine rings is 1. The van der Waals surface area contributed by atoms with Crippen molar-refractivity contribution in [3.05, 3.63) is 27.7 Å². The third-order valence-corrected chi connectivity index (χ3v) is 7.06. The molecule has 9 heteroatoms. The summed E-state index contributed by atoms with van der Waals surface area (Å²) in [7, 11) is -3.85. The first-order valence-corrected chi connectivity index (χ1v) is 9.47. The molecule has 0 amide bonds. The van der Waals surface area contributed by atoms with Crippen molar-refractivity contribution < 1.29 is 18.3 Å². The summed E-state index contributed by atoms with van der Waals surface area (Å²) in [5, 5.41) is 8.99. The Kier molecular flexibility index (Phi) is 4.59. The molecule has 1 aromatic carbocycles. The van der Waals surface area contributed by atoms with Crippen LogP contribution in [0, 0.1) is 0 Å². The standard InChI is InChI=1S/C14H16Cl2N2O4S/c15-11-7-12(16)13(6-10(11)14(19)20)23(21,22)18-5-4-17-3-1-2-9(17)8-18/h6-7,9H,1-5,8H2,(H,19,20). The van der Waals surface area contributed by atoms with Crippen LogP contribution in [0.15, 0.2) is 17.0 Å². The highest BCUT2D eigenvalue weighted by molar-refractivity contribution is 7.89. The van der Waals surface area contributed by atoms with Crippen LogP contribution in [0.4, 0.5) is 0 Å². The maximum absolute atomic E-state index is 12.9. The SMILES string of the molecule is O=C(O)c1cc(S(=O)(=O)N2CCN3CCCC3C2)c(Cl)cc1Cl. The van der Waals surface area contributed by atoms with E-state index in [0.29, 0.717) is 19.6 Å². The Labute approximate surface area is 144 Å². The van der Waals surface area contributed by atoms with E-state index in [1.54, 1.807) is 0 Å². The molecular formula is C14H16Cl2N2O4S. The smallest absolute Gasteiger partial charge is 0.337 e. The number of rotatable bonds is 3. The molecule has 0 spiro atoms. The summed E-state index contributed by atoms with van der Waals surface area (Å²) in [6.45, 7) is 2.47. The number of nitrogens with zero attached hydrogens (tertiary/aromatic N) is 2. The molecule has 0 saturated carbocycles. The summed E-state index contributed by atoms with van der Waals surface area (Å²) in [6, 6.07) is 2.44. The fourth-order valence-corrected chi connectivity index (χ4v) is 5.51. The van der Waals surface area contributed by atoms with Gasteiger partial charge in [0, 0.05) is 25.7 Å². The Balaban J connectivity index is 1.96. The largest absolute Gasteiger partial charge is 0.478 e. The lowest BCUT2D eigenvalue weighted by molar-refractivity contribution is 0.0697. The summed E-state index contributed by atoms with van der Waals surface area (Å²) >= 11 is 11.9. The first-order valence-electron chi connectivity index (χ1n) is 7.27. The second kappa shape index (κ2) is 6.22. The topological polar surface area (TPSA) is 77.9 Å². The molecular weight excluding hydrogens is 363 g/mol. The molecule has 0 aliphatic carbocycles. The highest BCUT2D eigenvalue weighted by Crippen LogP contribution is 2.32. The van der Waals surface area contributed by atoms with Gasteiger partial charge in [0.15, 0.2) is 0 Å². The predicted molar refractivity (Wildman–Crippen MR) is 86.8 cm³/mol. The first kappa shape index (κ1) is 17.0. The molecule has 1 unspecified atom stereocenters. The molecule has 6 nitrogen and oxygen atoms in total.